The molecule has 1 nitrogen and oxygen atoms in total. The number of allylic oxidation sites excluding steroid dienone is 6. The van der Waals surface area contributed by atoms with Crippen molar-refractivity contribution in [2.24, 2.45) is 5.92 Å². The number of rotatable bonds is 1. The first-order valence-corrected chi connectivity index (χ1v) is 6.15. The third kappa shape index (κ3) is 3.56. The van der Waals surface area contributed by atoms with E-state index in [0.29, 0.717) is 16.5 Å². The van der Waals surface area contributed by atoms with Crippen LogP contribution < -0.4 is 0 Å². The minimum atomic E-state index is -4.48. The lowest BCUT2D eigenvalue weighted by molar-refractivity contribution is -0.124. The summed E-state index contributed by atoms with van der Waals surface area (Å²) in [5, 5.41) is 0.318. The van der Waals surface area contributed by atoms with E-state index in [1.54, 1.807) is 13.0 Å². The Morgan fingerprint density at radius 3 is 2.35 bits per heavy atom. The van der Waals surface area contributed by atoms with E-state index >= 15 is 0 Å². The second-order valence-electron chi connectivity index (χ2n) is 3.96. The fourth-order valence-corrected chi connectivity index (χ4v) is 1.93. The highest BCUT2D eigenvalue weighted by Crippen LogP contribution is 2.34. The standard InChI is InChI=1S/C12H12BrF3O/c1-7-3-9(6-13)5-10(12(14,15)16)8(2)11(17)4-7/h3-5,8H,6H2,1-2H3. The van der Waals surface area contributed by atoms with Gasteiger partial charge in [-0.3, -0.25) is 4.79 Å². The van der Waals surface area contributed by atoms with Crippen LogP contribution in [0.5, 0.6) is 0 Å². The van der Waals surface area contributed by atoms with Crippen molar-refractivity contribution in [2.75, 3.05) is 5.33 Å². The van der Waals surface area contributed by atoms with E-state index in [-0.39, 0.29) is 0 Å². The molecule has 94 valence electrons. The highest BCUT2D eigenvalue weighted by Gasteiger charge is 2.39. The third-order valence-corrected chi connectivity index (χ3v) is 3.15. The molecule has 17 heavy (non-hydrogen) atoms. The van der Waals surface area contributed by atoms with Crippen molar-refractivity contribution < 1.29 is 18.0 Å². The second-order valence-corrected chi connectivity index (χ2v) is 4.52. The molecular formula is C12H12BrF3O. The van der Waals surface area contributed by atoms with Crippen molar-refractivity contribution in [2.45, 2.75) is 20.0 Å². The quantitative estimate of drug-likeness (QED) is 0.670. The molecular weight excluding hydrogens is 297 g/mol. The molecule has 0 spiro atoms. The van der Waals surface area contributed by atoms with Crippen molar-refractivity contribution in [1.29, 1.82) is 0 Å². The topological polar surface area (TPSA) is 17.1 Å². The lowest BCUT2D eigenvalue weighted by Gasteiger charge is -2.19. The van der Waals surface area contributed by atoms with Crippen LogP contribution in [0.15, 0.2) is 34.9 Å². The van der Waals surface area contributed by atoms with E-state index in [9.17, 15) is 18.0 Å². The first-order chi connectivity index (χ1) is 7.75. The minimum absolute atomic E-state index is 0.318. The van der Waals surface area contributed by atoms with Crippen LogP contribution >= 0.6 is 15.9 Å². The van der Waals surface area contributed by atoms with Crippen LogP contribution in [-0.2, 0) is 4.79 Å². The Hall–Kier alpha value is -0.840. The van der Waals surface area contributed by atoms with Gasteiger partial charge in [0.15, 0.2) is 5.78 Å². The number of alkyl halides is 4. The number of carbonyl (C=O) groups excluding carboxylic acids is 1. The molecule has 1 aliphatic carbocycles. The summed E-state index contributed by atoms with van der Waals surface area (Å²) in [5.74, 6) is -1.68. The SMILES string of the molecule is CC1=CC(=O)C(C)C(C(F)(F)F)=CC(CBr)=C1. The first-order valence-electron chi connectivity index (χ1n) is 5.03. The predicted octanol–water partition coefficient (Wildman–Crippen LogP) is 3.96. The van der Waals surface area contributed by atoms with E-state index in [1.807, 2.05) is 0 Å². The molecule has 0 heterocycles. The molecule has 0 radical (unpaired) electrons. The smallest absolute Gasteiger partial charge is 0.294 e. The lowest BCUT2D eigenvalue weighted by atomic mass is 9.91. The van der Waals surface area contributed by atoms with Crippen molar-refractivity contribution in [3.05, 3.63) is 34.9 Å². The van der Waals surface area contributed by atoms with E-state index in [1.165, 1.54) is 13.0 Å². The summed E-state index contributed by atoms with van der Waals surface area (Å²) in [7, 11) is 0. The normalized spacial score (nSPS) is 22.4. The van der Waals surface area contributed by atoms with Gasteiger partial charge in [-0.15, -0.1) is 0 Å². The maximum absolute atomic E-state index is 12.8. The summed E-state index contributed by atoms with van der Waals surface area (Å²) in [6, 6.07) is 0. The van der Waals surface area contributed by atoms with E-state index < -0.39 is 23.5 Å². The first kappa shape index (κ1) is 14.2. The summed E-state index contributed by atoms with van der Waals surface area (Å²) < 4.78 is 38.4. The maximum atomic E-state index is 12.8. The summed E-state index contributed by atoms with van der Waals surface area (Å²) >= 11 is 3.14. The molecule has 1 unspecified atom stereocenters. The molecule has 1 atom stereocenters. The Kier molecular flexibility index (Phi) is 4.36. The van der Waals surface area contributed by atoms with Crippen LogP contribution in [0, 0.1) is 5.92 Å². The van der Waals surface area contributed by atoms with Crippen LogP contribution in [0.2, 0.25) is 0 Å². The van der Waals surface area contributed by atoms with Gasteiger partial charge in [0, 0.05) is 16.8 Å². The molecule has 1 aliphatic rings. The number of halogens is 4. The zero-order chi connectivity index (χ0) is 13.2. The summed E-state index contributed by atoms with van der Waals surface area (Å²) in [4.78, 5) is 11.6. The zero-order valence-corrected chi connectivity index (χ0v) is 11.0. The number of hydrogen-bond acceptors (Lipinski definition) is 1. The molecule has 0 aromatic carbocycles. The van der Waals surface area contributed by atoms with Gasteiger partial charge >= 0.3 is 6.18 Å². The maximum Gasteiger partial charge on any atom is 0.413 e. The van der Waals surface area contributed by atoms with Crippen LogP contribution in [0.1, 0.15) is 13.8 Å². The molecule has 0 saturated carbocycles. The average molecular weight is 309 g/mol. The van der Waals surface area contributed by atoms with Crippen molar-refractivity contribution in [3.63, 3.8) is 0 Å². The van der Waals surface area contributed by atoms with Gasteiger partial charge in [0.05, 0.1) is 0 Å². The van der Waals surface area contributed by atoms with Crippen LogP contribution in [0.25, 0.3) is 0 Å². The fraction of sp³-hybridized carbons (Fsp3) is 0.417. The van der Waals surface area contributed by atoms with Gasteiger partial charge in [0.1, 0.15) is 0 Å². The Balaban J connectivity index is 3.33. The fourth-order valence-electron chi connectivity index (χ4n) is 1.61. The van der Waals surface area contributed by atoms with E-state index in [2.05, 4.69) is 15.9 Å². The van der Waals surface area contributed by atoms with Crippen molar-refractivity contribution >= 4 is 21.7 Å². The molecule has 0 amide bonds. The molecule has 0 fully saturated rings. The highest BCUT2D eigenvalue weighted by atomic mass is 79.9. The Bertz CT molecular complexity index is 416. The van der Waals surface area contributed by atoms with Crippen LogP contribution in [0.3, 0.4) is 0 Å². The van der Waals surface area contributed by atoms with Gasteiger partial charge in [-0.2, -0.15) is 13.2 Å². The molecule has 0 bridgehead atoms. The Morgan fingerprint density at radius 1 is 1.29 bits per heavy atom. The summed E-state index contributed by atoms with van der Waals surface area (Å²) in [6.45, 7) is 2.97. The molecule has 0 N–H and O–H groups in total. The Morgan fingerprint density at radius 2 is 1.88 bits per heavy atom. The largest absolute Gasteiger partial charge is 0.413 e. The minimum Gasteiger partial charge on any atom is -0.294 e. The van der Waals surface area contributed by atoms with Crippen molar-refractivity contribution in [3.8, 4) is 0 Å². The predicted molar refractivity (Wildman–Crippen MR) is 63.9 cm³/mol. The van der Waals surface area contributed by atoms with Crippen LogP contribution in [0.4, 0.5) is 13.2 Å². The summed E-state index contributed by atoms with van der Waals surface area (Å²) in [5.41, 5.74) is 0.371. The van der Waals surface area contributed by atoms with Gasteiger partial charge in [0.25, 0.3) is 0 Å². The van der Waals surface area contributed by atoms with Gasteiger partial charge in [-0.05, 0) is 30.2 Å². The molecule has 5 heteroatoms. The average Bonchev–Trinajstić information content (AvgIpc) is 2.19. The lowest BCUT2D eigenvalue weighted by Crippen LogP contribution is -2.24. The highest BCUT2D eigenvalue weighted by molar-refractivity contribution is 9.09. The Labute approximate surface area is 106 Å². The number of carbonyl (C=O) groups is 1. The molecule has 1 rings (SSSR count). The number of hydrogen-bond donors (Lipinski definition) is 0. The van der Waals surface area contributed by atoms with Crippen molar-refractivity contribution in [1.82, 2.24) is 0 Å². The second kappa shape index (κ2) is 5.21. The van der Waals surface area contributed by atoms with Crippen LogP contribution in [-0.4, -0.2) is 17.3 Å². The van der Waals surface area contributed by atoms with Gasteiger partial charge in [-0.25, -0.2) is 0 Å². The zero-order valence-electron chi connectivity index (χ0n) is 9.44. The third-order valence-electron chi connectivity index (χ3n) is 2.50. The van der Waals surface area contributed by atoms with Gasteiger partial charge in [-0.1, -0.05) is 28.9 Å². The number of ketones is 1. The van der Waals surface area contributed by atoms with E-state index in [0.717, 1.165) is 6.08 Å². The van der Waals surface area contributed by atoms with Gasteiger partial charge in [0.2, 0.25) is 0 Å². The molecule has 0 aromatic rings. The molecule has 0 saturated heterocycles. The molecule has 0 aromatic heterocycles. The summed E-state index contributed by atoms with van der Waals surface area (Å²) in [6.07, 6.45) is -0.598. The van der Waals surface area contributed by atoms with E-state index in [4.69, 9.17) is 0 Å². The monoisotopic (exact) mass is 308 g/mol. The van der Waals surface area contributed by atoms with Gasteiger partial charge < -0.3 is 0 Å². The molecule has 0 aliphatic heterocycles.